The normalized spacial score (nSPS) is 13.6. The summed E-state index contributed by atoms with van der Waals surface area (Å²) in [4.78, 5) is 0. The van der Waals surface area contributed by atoms with Gasteiger partial charge in [-0.2, -0.15) is 0 Å². The Balaban J connectivity index is 1.99. The molecule has 1 nitrogen and oxygen atoms in total. The monoisotopic (exact) mass is 392 g/mol. The predicted octanol–water partition coefficient (Wildman–Crippen LogP) is 3.67. The van der Waals surface area contributed by atoms with E-state index >= 15 is 0 Å². The number of hydrogen-bond acceptors (Lipinski definition) is 1. The zero-order chi connectivity index (χ0) is 20.0. The fourth-order valence-corrected chi connectivity index (χ4v) is 10.3. The number of aryl methyl sites for hydroxylation is 2. The number of fused-ring (bicyclic) bond motifs is 3. The van der Waals surface area contributed by atoms with Crippen LogP contribution in [0.4, 0.5) is 0 Å². The van der Waals surface area contributed by atoms with Gasteiger partial charge in [0.25, 0.3) is 0 Å². The van der Waals surface area contributed by atoms with E-state index in [0.717, 1.165) is 5.75 Å². The van der Waals surface area contributed by atoms with E-state index in [2.05, 4.69) is 105 Å². The summed E-state index contributed by atoms with van der Waals surface area (Å²) in [7, 11) is -0.617. The molecule has 0 spiro atoms. The molecule has 1 heterocycles. The Kier molecular flexibility index (Phi) is 4.18. The highest BCUT2D eigenvalue weighted by Gasteiger charge is 2.48. The number of rotatable bonds is 3. The topological polar surface area (TPSA) is 9.23 Å². The summed E-state index contributed by atoms with van der Waals surface area (Å²) in [6.07, 6.45) is 0. The van der Waals surface area contributed by atoms with Crippen molar-refractivity contribution in [2.45, 2.75) is 13.8 Å². The Morgan fingerprint density at radius 1 is 0.621 bits per heavy atom. The van der Waals surface area contributed by atoms with Gasteiger partial charge in [0.1, 0.15) is 5.75 Å². The Bertz CT molecular complexity index is 1160. The van der Waals surface area contributed by atoms with Gasteiger partial charge in [0.2, 0.25) is 0 Å². The van der Waals surface area contributed by atoms with Gasteiger partial charge in [-0.15, -0.1) is 0 Å². The predicted molar refractivity (Wildman–Crippen MR) is 125 cm³/mol. The van der Waals surface area contributed by atoms with Crippen LogP contribution in [0, 0.1) is 13.8 Å². The van der Waals surface area contributed by atoms with Gasteiger partial charge in [0.15, 0.2) is 8.07 Å². The van der Waals surface area contributed by atoms with Crippen LogP contribution in [-0.2, 0) is 0 Å². The highest BCUT2D eigenvalue weighted by Crippen LogP contribution is 2.33. The molecule has 2 heteroatoms. The van der Waals surface area contributed by atoms with Crippen molar-refractivity contribution in [2.24, 2.45) is 0 Å². The standard InChI is InChI=1S/C27H24OSi/c1-19-14-15-23-24-18-25(28-3)20(2)17-27(24)29(26(23)16-19,21-10-6-4-7-11-21)22-12-8-5-9-13-22/h4-18H,1-3H3. The van der Waals surface area contributed by atoms with E-state index in [4.69, 9.17) is 4.74 Å². The quantitative estimate of drug-likeness (QED) is 0.426. The van der Waals surface area contributed by atoms with Crippen LogP contribution < -0.4 is 25.5 Å². The van der Waals surface area contributed by atoms with Crippen molar-refractivity contribution < 1.29 is 4.74 Å². The first-order chi connectivity index (χ1) is 14.2. The molecule has 0 bridgehead atoms. The highest BCUT2D eigenvalue weighted by molar-refractivity contribution is 7.22. The molecule has 29 heavy (non-hydrogen) atoms. The molecule has 0 unspecified atom stereocenters. The molecule has 1 aliphatic rings. The first kappa shape index (κ1) is 18.0. The molecular weight excluding hydrogens is 368 g/mol. The van der Waals surface area contributed by atoms with Crippen LogP contribution in [0.15, 0.2) is 91.0 Å². The third kappa shape index (κ3) is 2.53. The lowest BCUT2D eigenvalue weighted by molar-refractivity contribution is 0.412. The number of benzene rings is 4. The van der Waals surface area contributed by atoms with E-state index in [0.29, 0.717) is 0 Å². The molecule has 0 radical (unpaired) electrons. The molecule has 0 atom stereocenters. The van der Waals surface area contributed by atoms with Crippen LogP contribution >= 0.6 is 0 Å². The fraction of sp³-hybridized carbons (Fsp3) is 0.111. The summed E-state index contributed by atoms with van der Waals surface area (Å²) in [5, 5.41) is 5.81. The minimum absolute atomic E-state index is 0.959. The Hall–Kier alpha value is -3.10. The Labute approximate surface area is 173 Å². The van der Waals surface area contributed by atoms with Gasteiger partial charge in [-0.05, 0) is 57.4 Å². The number of ether oxygens (including phenoxy) is 1. The molecule has 0 N–H and O–H groups in total. The van der Waals surface area contributed by atoms with Crippen molar-refractivity contribution in [2.75, 3.05) is 7.11 Å². The second-order valence-corrected chi connectivity index (χ2v) is 11.6. The molecule has 142 valence electrons. The van der Waals surface area contributed by atoms with E-state index in [1.54, 1.807) is 7.11 Å². The van der Waals surface area contributed by atoms with Crippen LogP contribution in [0.5, 0.6) is 5.75 Å². The van der Waals surface area contributed by atoms with Gasteiger partial charge in [-0.1, -0.05) is 90.5 Å². The maximum Gasteiger partial charge on any atom is 0.180 e. The molecule has 5 rings (SSSR count). The van der Waals surface area contributed by atoms with Gasteiger partial charge >= 0.3 is 0 Å². The van der Waals surface area contributed by atoms with Gasteiger partial charge in [0, 0.05) is 0 Å². The highest BCUT2D eigenvalue weighted by atomic mass is 28.3. The molecule has 0 aliphatic carbocycles. The maximum absolute atomic E-state index is 5.70. The molecule has 1 aliphatic heterocycles. The van der Waals surface area contributed by atoms with Crippen LogP contribution in [0.2, 0.25) is 0 Å². The van der Waals surface area contributed by atoms with Crippen molar-refractivity contribution >= 4 is 28.8 Å². The van der Waals surface area contributed by atoms with E-state index in [1.165, 1.54) is 43.0 Å². The van der Waals surface area contributed by atoms with Crippen LogP contribution in [0.1, 0.15) is 11.1 Å². The minimum Gasteiger partial charge on any atom is -0.496 e. The van der Waals surface area contributed by atoms with Crippen molar-refractivity contribution in [3.8, 4) is 16.9 Å². The lowest BCUT2D eigenvalue weighted by Gasteiger charge is -2.31. The van der Waals surface area contributed by atoms with Gasteiger partial charge < -0.3 is 4.74 Å². The summed E-state index contributed by atoms with van der Waals surface area (Å²) in [6, 6.07) is 33.8. The first-order valence-corrected chi connectivity index (χ1v) is 12.1. The van der Waals surface area contributed by atoms with Crippen LogP contribution in [0.25, 0.3) is 11.1 Å². The van der Waals surface area contributed by atoms with Crippen molar-refractivity contribution in [1.82, 2.24) is 0 Å². The molecule has 0 fully saturated rings. The molecular formula is C27H24OSi. The van der Waals surface area contributed by atoms with Gasteiger partial charge in [-0.25, -0.2) is 0 Å². The van der Waals surface area contributed by atoms with Gasteiger partial charge in [-0.3, -0.25) is 0 Å². The Morgan fingerprint density at radius 3 is 1.79 bits per heavy atom. The Morgan fingerprint density at radius 2 is 1.21 bits per heavy atom. The van der Waals surface area contributed by atoms with E-state index in [-0.39, 0.29) is 0 Å². The number of methoxy groups -OCH3 is 1. The summed E-state index contributed by atoms with van der Waals surface area (Å²) in [5.74, 6) is 0.959. The summed E-state index contributed by atoms with van der Waals surface area (Å²) in [5.41, 5.74) is 5.17. The summed E-state index contributed by atoms with van der Waals surface area (Å²) < 4.78 is 5.70. The summed E-state index contributed by atoms with van der Waals surface area (Å²) in [6.45, 7) is 4.35. The average Bonchev–Trinajstić information content (AvgIpc) is 3.03. The molecule has 4 aromatic carbocycles. The van der Waals surface area contributed by atoms with E-state index < -0.39 is 8.07 Å². The third-order valence-electron chi connectivity index (χ3n) is 6.22. The van der Waals surface area contributed by atoms with Crippen molar-refractivity contribution in [3.05, 3.63) is 102 Å². The molecule has 4 aromatic rings. The second-order valence-electron chi connectivity index (χ2n) is 7.90. The molecule has 0 saturated carbocycles. The van der Waals surface area contributed by atoms with Crippen molar-refractivity contribution in [1.29, 1.82) is 0 Å². The largest absolute Gasteiger partial charge is 0.496 e. The van der Waals surface area contributed by atoms with E-state index in [1.807, 2.05) is 0 Å². The molecule has 0 saturated heterocycles. The maximum atomic E-state index is 5.70. The average molecular weight is 393 g/mol. The second kappa shape index (κ2) is 6.75. The van der Waals surface area contributed by atoms with Crippen molar-refractivity contribution in [3.63, 3.8) is 0 Å². The van der Waals surface area contributed by atoms with Gasteiger partial charge in [0.05, 0.1) is 7.11 Å². The number of hydrogen-bond donors (Lipinski definition) is 0. The smallest absolute Gasteiger partial charge is 0.180 e. The van der Waals surface area contributed by atoms with E-state index in [9.17, 15) is 0 Å². The first-order valence-electron chi connectivity index (χ1n) is 10.1. The van der Waals surface area contributed by atoms with Crippen LogP contribution in [-0.4, -0.2) is 15.2 Å². The minimum atomic E-state index is -2.38. The van der Waals surface area contributed by atoms with Crippen LogP contribution in [0.3, 0.4) is 0 Å². The lowest BCUT2D eigenvalue weighted by atomic mass is 10.0. The summed E-state index contributed by atoms with van der Waals surface area (Å²) >= 11 is 0. The lowest BCUT2D eigenvalue weighted by Crippen LogP contribution is -2.72. The molecule has 0 amide bonds. The third-order valence-corrected chi connectivity index (χ3v) is 11.1. The zero-order valence-electron chi connectivity index (χ0n) is 17.1. The zero-order valence-corrected chi connectivity index (χ0v) is 18.1. The molecule has 0 aromatic heterocycles. The fourth-order valence-electron chi connectivity index (χ4n) is 4.95. The SMILES string of the molecule is COc1cc2c(cc1C)[Si](c1ccccc1)(c1ccccc1)c1cc(C)ccc1-2.